The summed E-state index contributed by atoms with van der Waals surface area (Å²) in [4.78, 5) is 26.5. The van der Waals surface area contributed by atoms with Crippen LogP contribution in [0.4, 0.5) is 5.82 Å². The lowest BCUT2D eigenvalue weighted by molar-refractivity contribution is 0.102. The van der Waals surface area contributed by atoms with Crippen molar-refractivity contribution in [2.24, 2.45) is 0 Å². The quantitative estimate of drug-likeness (QED) is 0.814. The Bertz CT molecular complexity index is 726. The number of H-pyrrole nitrogens is 2. The number of anilines is 1. The average molecular weight is 300 g/mol. The Morgan fingerprint density at radius 3 is 2.77 bits per heavy atom. The first-order chi connectivity index (χ1) is 10.6. The molecule has 1 fully saturated rings. The van der Waals surface area contributed by atoms with Crippen LogP contribution < -0.4 is 10.9 Å². The molecule has 0 aliphatic heterocycles. The van der Waals surface area contributed by atoms with Crippen LogP contribution in [0.15, 0.2) is 23.0 Å². The Labute approximate surface area is 128 Å². The van der Waals surface area contributed by atoms with Gasteiger partial charge in [-0.15, -0.1) is 0 Å². The van der Waals surface area contributed by atoms with Crippen LogP contribution in [0, 0.1) is 6.92 Å². The van der Waals surface area contributed by atoms with Crippen molar-refractivity contribution in [2.75, 3.05) is 5.32 Å². The average Bonchev–Trinajstić information content (AvgIpc) is 2.96. The fraction of sp³-hybridized carbons (Fsp3) is 0.438. The predicted molar refractivity (Wildman–Crippen MR) is 84.2 cm³/mol. The number of hydrogen-bond acceptors (Lipinski definition) is 3. The minimum atomic E-state index is -0.442. The molecule has 1 saturated carbocycles. The van der Waals surface area contributed by atoms with Gasteiger partial charge in [-0.1, -0.05) is 19.3 Å². The van der Waals surface area contributed by atoms with E-state index in [2.05, 4.69) is 20.5 Å². The van der Waals surface area contributed by atoms with Gasteiger partial charge in [0.15, 0.2) is 5.82 Å². The molecule has 0 spiro atoms. The number of carbonyl (C=O) groups is 1. The number of nitrogens with one attached hydrogen (secondary N) is 3. The van der Waals surface area contributed by atoms with Crippen LogP contribution in [0.25, 0.3) is 0 Å². The maximum atomic E-state index is 12.1. The maximum absolute atomic E-state index is 12.1. The molecule has 6 nitrogen and oxygen atoms in total. The van der Waals surface area contributed by atoms with E-state index in [1.165, 1.54) is 25.3 Å². The molecule has 1 aliphatic rings. The molecule has 0 unspecified atom stereocenters. The summed E-state index contributed by atoms with van der Waals surface area (Å²) in [6.07, 6.45) is 6.10. The summed E-state index contributed by atoms with van der Waals surface area (Å²) in [5.74, 6) is 0.517. The number of aromatic amines is 2. The van der Waals surface area contributed by atoms with Gasteiger partial charge in [-0.2, -0.15) is 5.10 Å². The molecule has 1 amide bonds. The lowest BCUT2D eigenvalue weighted by Gasteiger charge is -2.19. The molecule has 116 valence electrons. The third kappa shape index (κ3) is 3.10. The van der Waals surface area contributed by atoms with Gasteiger partial charge in [0.05, 0.1) is 0 Å². The smallest absolute Gasteiger partial charge is 0.262 e. The van der Waals surface area contributed by atoms with Crippen molar-refractivity contribution in [3.05, 3.63) is 45.5 Å². The maximum Gasteiger partial charge on any atom is 0.262 e. The highest BCUT2D eigenvalue weighted by Crippen LogP contribution is 2.32. The highest BCUT2D eigenvalue weighted by molar-refractivity contribution is 6.03. The number of aryl methyl sites for hydroxylation is 1. The molecule has 0 radical (unpaired) electrons. The Hall–Kier alpha value is -2.37. The minimum absolute atomic E-state index is 0.0906. The van der Waals surface area contributed by atoms with E-state index in [1.54, 1.807) is 13.0 Å². The van der Waals surface area contributed by atoms with Crippen molar-refractivity contribution in [1.29, 1.82) is 0 Å². The van der Waals surface area contributed by atoms with E-state index in [0.717, 1.165) is 24.2 Å². The van der Waals surface area contributed by atoms with Crippen LogP contribution in [-0.4, -0.2) is 21.1 Å². The van der Waals surface area contributed by atoms with E-state index in [0.29, 0.717) is 11.7 Å². The van der Waals surface area contributed by atoms with E-state index in [-0.39, 0.29) is 11.1 Å². The van der Waals surface area contributed by atoms with E-state index in [9.17, 15) is 9.59 Å². The van der Waals surface area contributed by atoms with Crippen LogP contribution in [0.5, 0.6) is 0 Å². The Balaban J connectivity index is 1.71. The topological polar surface area (TPSA) is 90.6 Å². The largest absolute Gasteiger partial charge is 0.326 e. The van der Waals surface area contributed by atoms with Gasteiger partial charge < -0.3 is 10.3 Å². The number of pyridine rings is 1. The Kier molecular flexibility index (Phi) is 4.09. The van der Waals surface area contributed by atoms with Gasteiger partial charge in [0.2, 0.25) is 0 Å². The number of aromatic nitrogens is 3. The molecule has 1 aliphatic carbocycles. The molecule has 3 N–H and O–H groups in total. The summed E-state index contributed by atoms with van der Waals surface area (Å²) in [5, 5.41) is 9.82. The zero-order valence-corrected chi connectivity index (χ0v) is 12.6. The first-order valence-corrected chi connectivity index (χ1v) is 7.70. The van der Waals surface area contributed by atoms with E-state index in [4.69, 9.17) is 0 Å². The number of hydrogen-bond donors (Lipinski definition) is 3. The summed E-state index contributed by atoms with van der Waals surface area (Å²) >= 11 is 0. The first kappa shape index (κ1) is 14.6. The second-order valence-electron chi connectivity index (χ2n) is 5.88. The predicted octanol–water partition coefficient (Wildman–Crippen LogP) is 2.71. The Morgan fingerprint density at radius 2 is 2.05 bits per heavy atom. The van der Waals surface area contributed by atoms with Crippen molar-refractivity contribution < 1.29 is 4.79 Å². The second-order valence-corrected chi connectivity index (χ2v) is 5.88. The molecular formula is C16H20N4O2. The van der Waals surface area contributed by atoms with Crippen LogP contribution >= 0.6 is 0 Å². The van der Waals surface area contributed by atoms with Gasteiger partial charge in [0.25, 0.3) is 11.5 Å². The van der Waals surface area contributed by atoms with Crippen molar-refractivity contribution in [2.45, 2.75) is 44.9 Å². The summed E-state index contributed by atoms with van der Waals surface area (Å²) in [6, 6.07) is 5.10. The first-order valence-electron chi connectivity index (χ1n) is 7.70. The van der Waals surface area contributed by atoms with Crippen LogP contribution in [-0.2, 0) is 0 Å². The second kappa shape index (κ2) is 6.17. The van der Waals surface area contributed by atoms with Crippen molar-refractivity contribution in [3.63, 3.8) is 0 Å². The monoisotopic (exact) mass is 300 g/mol. The number of nitrogens with zero attached hydrogens (tertiary/aromatic N) is 1. The lowest BCUT2D eigenvalue weighted by atomic mass is 9.87. The number of rotatable bonds is 3. The molecule has 6 heteroatoms. The molecule has 0 saturated heterocycles. The highest BCUT2D eigenvalue weighted by atomic mass is 16.2. The third-order valence-corrected chi connectivity index (χ3v) is 4.18. The molecule has 2 heterocycles. The summed E-state index contributed by atoms with van der Waals surface area (Å²) in [5.41, 5.74) is 1.49. The van der Waals surface area contributed by atoms with E-state index < -0.39 is 5.91 Å². The SMILES string of the molecule is Cc1ccc(C(=O)Nc2cc(C3CCCCC3)[nH]n2)c(=O)[nH]1. The van der Waals surface area contributed by atoms with Gasteiger partial charge in [-0.25, -0.2) is 0 Å². The summed E-state index contributed by atoms with van der Waals surface area (Å²) < 4.78 is 0. The fourth-order valence-corrected chi connectivity index (χ4v) is 2.96. The van der Waals surface area contributed by atoms with Crippen molar-refractivity contribution in [1.82, 2.24) is 15.2 Å². The van der Waals surface area contributed by atoms with E-state index in [1.807, 2.05) is 6.07 Å². The van der Waals surface area contributed by atoms with Gasteiger partial charge in [-0.05, 0) is 31.9 Å². The Morgan fingerprint density at radius 1 is 1.27 bits per heavy atom. The van der Waals surface area contributed by atoms with Crippen molar-refractivity contribution >= 4 is 11.7 Å². The fourth-order valence-electron chi connectivity index (χ4n) is 2.96. The molecule has 0 bridgehead atoms. The zero-order chi connectivity index (χ0) is 15.5. The normalized spacial score (nSPS) is 15.7. The molecule has 0 aromatic carbocycles. The van der Waals surface area contributed by atoms with Crippen LogP contribution in [0.2, 0.25) is 0 Å². The van der Waals surface area contributed by atoms with Gasteiger partial charge in [0.1, 0.15) is 5.56 Å². The summed E-state index contributed by atoms with van der Waals surface area (Å²) in [7, 11) is 0. The van der Waals surface area contributed by atoms with Gasteiger partial charge in [0, 0.05) is 23.4 Å². The van der Waals surface area contributed by atoms with Gasteiger partial charge in [-0.3, -0.25) is 14.7 Å². The van der Waals surface area contributed by atoms with Crippen LogP contribution in [0.1, 0.15) is 59.8 Å². The van der Waals surface area contributed by atoms with Crippen molar-refractivity contribution in [3.8, 4) is 0 Å². The minimum Gasteiger partial charge on any atom is -0.326 e. The highest BCUT2D eigenvalue weighted by Gasteiger charge is 2.19. The summed E-state index contributed by atoms with van der Waals surface area (Å²) in [6.45, 7) is 1.77. The zero-order valence-electron chi connectivity index (χ0n) is 12.6. The molecule has 0 atom stereocenters. The standard InChI is InChI=1S/C16H20N4O2/c1-10-7-8-12(15(21)17-10)16(22)18-14-9-13(19-20-14)11-5-3-2-4-6-11/h7-9,11H,2-6H2,1H3,(H,17,21)(H2,18,19,20,22). The lowest BCUT2D eigenvalue weighted by Crippen LogP contribution is -2.23. The van der Waals surface area contributed by atoms with E-state index >= 15 is 0 Å². The molecule has 2 aromatic heterocycles. The molecule has 3 rings (SSSR count). The molecule has 22 heavy (non-hydrogen) atoms. The molecular weight excluding hydrogens is 280 g/mol. The third-order valence-electron chi connectivity index (χ3n) is 4.18. The van der Waals surface area contributed by atoms with Gasteiger partial charge >= 0.3 is 0 Å². The van der Waals surface area contributed by atoms with Crippen LogP contribution in [0.3, 0.4) is 0 Å². The number of carbonyl (C=O) groups excluding carboxylic acids is 1. The molecule has 2 aromatic rings. The number of amides is 1.